The van der Waals surface area contributed by atoms with Gasteiger partial charge in [0.1, 0.15) is 11.6 Å². The molecule has 2 atom stereocenters. The number of sulfone groups is 1. The number of thioether (sulfide) groups is 1. The number of nitrogens with zero attached hydrogens (tertiary/aromatic N) is 2. The van der Waals surface area contributed by atoms with Gasteiger partial charge in [-0.3, -0.25) is 4.79 Å². The minimum atomic E-state index is -3.24. The number of aliphatic imine (C=N–C) groups is 1. The van der Waals surface area contributed by atoms with Crippen LogP contribution < -0.4 is 4.90 Å². The molecule has 0 radical (unpaired) electrons. The molecule has 2 heterocycles. The number of halogens is 2. The highest BCUT2D eigenvalue weighted by Gasteiger charge is 2.50. The predicted octanol–water partition coefficient (Wildman–Crippen LogP) is 3.54. The second kappa shape index (κ2) is 7.74. The summed E-state index contributed by atoms with van der Waals surface area (Å²) >= 11 is 1.20. The van der Waals surface area contributed by atoms with Crippen molar-refractivity contribution >= 4 is 38.4 Å². The van der Waals surface area contributed by atoms with E-state index < -0.39 is 27.5 Å². The number of amides is 1. The summed E-state index contributed by atoms with van der Waals surface area (Å²) in [6.45, 7) is 0. The van der Waals surface area contributed by atoms with E-state index in [4.69, 9.17) is 0 Å². The first-order chi connectivity index (χ1) is 13.3. The van der Waals surface area contributed by atoms with Gasteiger partial charge in [0.05, 0.1) is 23.2 Å². The first-order valence-corrected chi connectivity index (χ1v) is 12.3. The SMILES string of the molecule is O=C(CCC1CCCC1)N=C1S[C@H]2CS(=O)(=O)C[C@H]2N1c1ccc(F)cc1F. The lowest BCUT2D eigenvalue weighted by Crippen LogP contribution is -2.38. The van der Waals surface area contributed by atoms with Gasteiger partial charge >= 0.3 is 0 Å². The van der Waals surface area contributed by atoms with Crippen molar-refractivity contribution in [3.8, 4) is 0 Å². The molecule has 4 rings (SSSR count). The van der Waals surface area contributed by atoms with Crippen molar-refractivity contribution in [3.05, 3.63) is 29.8 Å². The fraction of sp³-hybridized carbons (Fsp3) is 0.579. The van der Waals surface area contributed by atoms with Gasteiger partial charge in [0, 0.05) is 17.7 Å². The number of hydrogen-bond donors (Lipinski definition) is 0. The zero-order chi connectivity index (χ0) is 19.9. The lowest BCUT2D eigenvalue weighted by atomic mass is 10.0. The van der Waals surface area contributed by atoms with Crippen LogP contribution in [0, 0.1) is 17.6 Å². The van der Waals surface area contributed by atoms with Crippen LogP contribution in [0.2, 0.25) is 0 Å². The third kappa shape index (κ3) is 4.10. The van der Waals surface area contributed by atoms with Crippen molar-refractivity contribution in [2.75, 3.05) is 16.4 Å². The van der Waals surface area contributed by atoms with E-state index in [0.29, 0.717) is 17.5 Å². The Hall–Kier alpha value is -1.48. The van der Waals surface area contributed by atoms with E-state index in [9.17, 15) is 22.0 Å². The molecule has 1 aromatic rings. The molecule has 1 amide bonds. The molecule has 9 heteroatoms. The normalized spacial score (nSPS) is 28.2. The van der Waals surface area contributed by atoms with Crippen LogP contribution in [0.4, 0.5) is 14.5 Å². The highest BCUT2D eigenvalue weighted by Crippen LogP contribution is 2.42. The average Bonchev–Trinajstić information content (AvgIpc) is 3.29. The molecular weight excluding hydrogens is 406 g/mol. The Bertz CT molecular complexity index is 914. The second-order valence-electron chi connectivity index (χ2n) is 7.74. The van der Waals surface area contributed by atoms with E-state index in [1.54, 1.807) is 0 Å². The Morgan fingerprint density at radius 2 is 1.96 bits per heavy atom. The van der Waals surface area contributed by atoms with Gasteiger partial charge in [-0.05, 0) is 24.5 Å². The monoisotopic (exact) mass is 428 g/mol. The molecule has 152 valence electrons. The third-order valence-corrected chi connectivity index (χ3v) is 8.91. The Morgan fingerprint density at radius 3 is 2.68 bits per heavy atom. The van der Waals surface area contributed by atoms with E-state index in [2.05, 4.69) is 4.99 Å². The molecule has 0 bridgehead atoms. The maximum absolute atomic E-state index is 14.4. The maximum atomic E-state index is 14.4. The van der Waals surface area contributed by atoms with Gasteiger partial charge in [-0.2, -0.15) is 4.99 Å². The van der Waals surface area contributed by atoms with Gasteiger partial charge in [0.15, 0.2) is 15.0 Å². The van der Waals surface area contributed by atoms with E-state index in [0.717, 1.165) is 31.4 Å². The molecule has 3 aliphatic rings. The first kappa shape index (κ1) is 19.8. The van der Waals surface area contributed by atoms with Crippen LogP contribution in [-0.2, 0) is 14.6 Å². The van der Waals surface area contributed by atoms with Crippen LogP contribution in [0.25, 0.3) is 0 Å². The number of anilines is 1. The van der Waals surface area contributed by atoms with Crippen molar-refractivity contribution in [1.82, 2.24) is 0 Å². The van der Waals surface area contributed by atoms with E-state index >= 15 is 0 Å². The number of amidine groups is 1. The molecule has 1 saturated carbocycles. The smallest absolute Gasteiger partial charge is 0.248 e. The van der Waals surface area contributed by atoms with Gasteiger partial charge in [-0.25, -0.2) is 17.2 Å². The topological polar surface area (TPSA) is 66.8 Å². The summed E-state index contributed by atoms with van der Waals surface area (Å²) in [5, 5.41) is 0.00247. The summed E-state index contributed by atoms with van der Waals surface area (Å²) in [6.07, 6.45) is 5.84. The summed E-state index contributed by atoms with van der Waals surface area (Å²) in [7, 11) is -3.24. The van der Waals surface area contributed by atoms with Gasteiger partial charge < -0.3 is 4.90 Å². The van der Waals surface area contributed by atoms with Gasteiger partial charge in [0.25, 0.3) is 0 Å². The fourth-order valence-electron chi connectivity index (χ4n) is 4.31. The summed E-state index contributed by atoms with van der Waals surface area (Å²) < 4.78 is 51.8. The van der Waals surface area contributed by atoms with E-state index in [1.807, 2.05) is 0 Å². The molecule has 0 unspecified atom stereocenters. The van der Waals surface area contributed by atoms with Crippen LogP contribution in [-0.4, -0.2) is 42.3 Å². The minimum Gasteiger partial charge on any atom is -0.313 e. The Kier molecular flexibility index (Phi) is 5.48. The highest BCUT2D eigenvalue weighted by atomic mass is 32.2. The maximum Gasteiger partial charge on any atom is 0.248 e. The highest BCUT2D eigenvalue weighted by molar-refractivity contribution is 8.16. The zero-order valence-electron chi connectivity index (χ0n) is 15.3. The molecular formula is C19H22F2N2O3S2. The number of carbonyl (C=O) groups excluding carboxylic acids is 1. The number of fused-ring (bicyclic) bond motifs is 1. The van der Waals surface area contributed by atoms with Crippen molar-refractivity contribution in [3.63, 3.8) is 0 Å². The summed E-state index contributed by atoms with van der Waals surface area (Å²) in [4.78, 5) is 18.1. The Labute approximate surface area is 167 Å². The Balaban J connectivity index is 1.58. The molecule has 2 saturated heterocycles. The number of carbonyl (C=O) groups is 1. The van der Waals surface area contributed by atoms with Gasteiger partial charge in [-0.15, -0.1) is 0 Å². The molecule has 0 aromatic heterocycles. The third-order valence-electron chi connectivity index (χ3n) is 5.70. The van der Waals surface area contributed by atoms with Crippen LogP contribution in [0.3, 0.4) is 0 Å². The largest absolute Gasteiger partial charge is 0.313 e. The number of rotatable bonds is 4. The minimum absolute atomic E-state index is 0.0308. The van der Waals surface area contributed by atoms with Gasteiger partial charge in [0.2, 0.25) is 5.91 Å². The molecule has 2 aliphatic heterocycles. The van der Waals surface area contributed by atoms with Crippen LogP contribution in [0.15, 0.2) is 23.2 Å². The van der Waals surface area contributed by atoms with Crippen LogP contribution >= 0.6 is 11.8 Å². The lowest BCUT2D eigenvalue weighted by Gasteiger charge is -2.25. The van der Waals surface area contributed by atoms with Crippen molar-refractivity contribution in [1.29, 1.82) is 0 Å². The summed E-state index contributed by atoms with van der Waals surface area (Å²) in [6, 6.07) is 2.66. The summed E-state index contributed by atoms with van der Waals surface area (Å²) in [5.74, 6) is -1.37. The van der Waals surface area contributed by atoms with Crippen molar-refractivity contribution in [2.45, 2.75) is 49.8 Å². The second-order valence-corrected chi connectivity index (χ2v) is 11.1. The molecule has 5 nitrogen and oxygen atoms in total. The number of benzene rings is 1. The van der Waals surface area contributed by atoms with Gasteiger partial charge in [-0.1, -0.05) is 37.4 Å². The van der Waals surface area contributed by atoms with Crippen LogP contribution in [0.5, 0.6) is 0 Å². The zero-order valence-corrected chi connectivity index (χ0v) is 16.9. The molecule has 1 aliphatic carbocycles. The molecule has 28 heavy (non-hydrogen) atoms. The average molecular weight is 429 g/mol. The van der Waals surface area contributed by atoms with E-state index in [1.165, 1.54) is 35.6 Å². The molecule has 0 N–H and O–H groups in total. The van der Waals surface area contributed by atoms with Crippen molar-refractivity contribution in [2.24, 2.45) is 10.9 Å². The first-order valence-electron chi connectivity index (χ1n) is 9.55. The standard InChI is InChI=1S/C19H22F2N2O3S2/c20-13-6-7-15(14(21)9-13)23-16-10-28(25,26)11-17(16)27-19(23)22-18(24)8-5-12-3-1-2-4-12/h6-7,9,12,16-17H,1-5,8,10-11H2/t16-,17+/m1/s1. The van der Waals surface area contributed by atoms with Crippen molar-refractivity contribution < 1.29 is 22.0 Å². The molecule has 1 aromatic carbocycles. The van der Waals surface area contributed by atoms with E-state index in [-0.39, 0.29) is 28.4 Å². The summed E-state index contributed by atoms with van der Waals surface area (Å²) in [5.41, 5.74) is 0.0563. The number of hydrogen-bond acceptors (Lipinski definition) is 4. The molecule has 0 spiro atoms. The molecule has 3 fully saturated rings. The Morgan fingerprint density at radius 1 is 1.21 bits per heavy atom. The quantitative estimate of drug-likeness (QED) is 0.734. The fourth-order valence-corrected chi connectivity index (χ4v) is 8.24. The van der Waals surface area contributed by atoms with Crippen LogP contribution in [0.1, 0.15) is 38.5 Å². The lowest BCUT2D eigenvalue weighted by molar-refractivity contribution is -0.118. The predicted molar refractivity (Wildman–Crippen MR) is 106 cm³/mol.